The van der Waals surface area contributed by atoms with Gasteiger partial charge in [-0.25, -0.2) is 4.39 Å². The molecule has 1 saturated heterocycles. The van der Waals surface area contributed by atoms with Crippen molar-refractivity contribution in [2.75, 3.05) is 26.8 Å². The minimum Gasteiger partial charge on any atom is -0.454 e. The van der Waals surface area contributed by atoms with Gasteiger partial charge in [-0.1, -0.05) is 24.3 Å². The highest BCUT2D eigenvalue weighted by atomic mass is 19.1. The van der Waals surface area contributed by atoms with Crippen LogP contribution in [0.1, 0.15) is 56.1 Å². The predicted molar refractivity (Wildman–Crippen MR) is 143 cm³/mol. The van der Waals surface area contributed by atoms with Gasteiger partial charge in [0.05, 0.1) is 11.7 Å². The molecule has 208 valence electrons. The molecule has 1 aliphatic heterocycles. The van der Waals surface area contributed by atoms with Gasteiger partial charge in [-0.15, -0.1) is 0 Å². The van der Waals surface area contributed by atoms with Gasteiger partial charge < -0.3 is 30.3 Å². The summed E-state index contributed by atoms with van der Waals surface area (Å²) in [6, 6.07) is 11.7. The lowest BCUT2D eigenvalue weighted by Crippen LogP contribution is -2.49. The van der Waals surface area contributed by atoms with E-state index in [1.165, 1.54) is 6.07 Å². The van der Waals surface area contributed by atoms with E-state index in [-0.39, 0.29) is 23.5 Å². The number of piperidine rings is 1. The summed E-state index contributed by atoms with van der Waals surface area (Å²) in [6.45, 7) is 3.44. The average Bonchev–Trinajstić information content (AvgIpc) is 3.25. The van der Waals surface area contributed by atoms with Gasteiger partial charge in [0.2, 0.25) is 5.91 Å². The zero-order valence-corrected chi connectivity index (χ0v) is 22.4. The Bertz CT molecular complexity index is 1090. The fourth-order valence-electron chi connectivity index (χ4n) is 6.02. The third-order valence-corrected chi connectivity index (χ3v) is 8.13. The number of aryl methyl sites for hydroxylation is 1. The number of benzene rings is 2. The first-order valence-electron chi connectivity index (χ1n) is 13.7. The number of para-hydroxylation sites is 1. The minimum absolute atomic E-state index is 0.0145. The summed E-state index contributed by atoms with van der Waals surface area (Å²) in [4.78, 5) is 15.2. The Morgan fingerprint density at radius 1 is 1.21 bits per heavy atom. The molecule has 0 bridgehead atoms. The number of rotatable bonds is 10. The Balaban J connectivity index is 1.64. The first kappa shape index (κ1) is 28.5. The summed E-state index contributed by atoms with van der Waals surface area (Å²) in [7, 11) is 1.64. The topological polar surface area (TPSA) is 105 Å². The summed E-state index contributed by atoms with van der Waals surface area (Å²) in [5.41, 5.74) is 5.93. The first-order chi connectivity index (χ1) is 18.2. The highest BCUT2D eigenvalue weighted by molar-refractivity contribution is 5.79. The molecule has 2 aliphatic rings. The van der Waals surface area contributed by atoms with Gasteiger partial charge in [0, 0.05) is 50.2 Å². The molecule has 0 spiro atoms. The zero-order valence-electron chi connectivity index (χ0n) is 22.4. The third-order valence-electron chi connectivity index (χ3n) is 8.13. The van der Waals surface area contributed by atoms with Crippen molar-refractivity contribution in [3.8, 4) is 11.5 Å². The number of ether oxygens (including phenoxy) is 2. The molecule has 1 saturated carbocycles. The summed E-state index contributed by atoms with van der Waals surface area (Å²) >= 11 is 0. The zero-order chi connectivity index (χ0) is 27.3. The SMILES string of the molecule is COCCCC[C@@](O)(c1cccc(F)c1Oc1cccc(C)c1)[C@@H]1CCCN(C(=O)[C@H]2C[C@@H](N)[C@@H](O)C2)C1. The van der Waals surface area contributed by atoms with Crippen molar-refractivity contribution in [3.05, 3.63) is 59.4 Å². The number of amides is 1. The van der Waals surface area contributed by atoms with Gasteiger partial charge >= 0.3 is 0 Å². The molecule has 7 nitrogen and oxygen atoms in total. The van der Waals surface area contributed by atoms with Crippen LogP contribution in [0.25, 0.3) is 0 Å². The van der Waals surface area contributed by atoms with Crippen molar-refractivity contribution in [2.24, 2.45) is 17.6 Å². The Kier molecular flexibility index (Phi) is 9.41. The largest absolute Gasteiger partial charge is 0.454 e. The first-order valence-corrected chi connectivity index (χ1v) is 13.7. The number of hydrogen-bond acceptors (Lipinski definition) is 6. The predicted octanol–water partition coefficient (Wildman–Crippen LogP) is 4.27. The molecule has 4 rings (SSSR count). The van der Waals surface area contributed by atoms with Gasteiger partial charge in [0.1, 0.15) is 5.75 Å². The maximum absolute atomic E-state index is 15.3. The van der Waals surface area contributed by atoms with Crippen molar-refractivity contribution in [1.82, 2.24) is 4.90 Å². The number of unbranched alkanes of at least 4 members (excludes halogenated alkanes) is 1. The van der Waals surface area contributed by atoms with E-state index >= 15 is 4.39 Å². The van der Waals surface area contributed by atoms with Crippen molar-refractivity contribution in [2.45, 2.75) is 69.6 Å². The molecular weight excluding hydrogens is 487 g/mol. The summed E-state index contributed by atoms with van der Waals surface area (Å²) in [5.74, 6) is -0.696. The highest BCUT2D eigenvalue weighted by Crippen LogP contribution is 2.45. The van der Waals surface area contributed by atoms with E-state index in [0.717, 1.165) is 18.4 Å². The number of carbonyl (C=O) groups excluding carboxylic acids is 1. The molecule has 0 unspecified atom stereocenters. The lowest BCUT2D eigenvalue weighted by atomic mass is 9.73. The standard InChI is InChI=1S/C30H41FN2O5/c1-20-8-5-10-23(16-20)38-28-24(11-6-12-25(28)31)30(36,13-3-4-15-37-2)22-9-7-14-33(19-22)29(35)21-17-26(32)27(34)18-21/h5-6,8,10-12,16,21-22,26-27,34,36H,3-4,7,9,13-15,17-19,32H2,1-2H3/t21-,22+,26+,27-,30-/m0/s1. The van der Waals surface area contributed by atoms with Crippen LogP contribution in [0.3, 0.4) is 0 Å². The summed E-state index contributed by atoms with van der Waals surface area (Å²) < 4.78 is 26.6. The molecule has 1 amide bonds. The number of methoxy groups -OCH3 is 1. The van der Waals surface area contributed by atoms with Crippen LogP contribution in [0.4, 0.5) is 4.39 Å². The fraction of sp³-hybridized carbons (Fsp3) is 0.567. The summed E-state index contributed by atoms with van der Waals surface area (Å²) in [6.07, 6.45) is 3.36. The van der Waals surface area contributed by atoms with Crippen LogP contribution in [0, 0.1) is 24.6 Å². The van der Waals surface area contributed by atoms with E-state index in [1.807, 2.05) is 25.1 Å². The van der Waals surface area contributed by atoms with Crippen molar-refractivity contribution in [1.29, 1.82) is 0 Å². The van der Waals surface area contributed by atoms with Crippen molar-refractivity contribution >= 4 is 5.91 Å². The number of likely N-dealkylation sites (tertiary alicyclic amines) is 1. The van der Waals surface area contributed by atoms with E-state index in [9.17, 15) is 15.0 Å². The van der Waals surface area contributed by atoms with Crippen LogP contribution in [0.15, 0.2) is 42.5 Å². The Labute approximate surface area is 224 Å². The molecular formula is C30H41FN2O5. The minimum atomic E-state index is -1.42. The van der Waals surface area contributed by atoms with Crippen LogP contribution in [0.2, 0.25) is 0 Å². The third kappa shape index (κ3) is 6.37. The number of aliphatic hydroxyl groups is 2. The van der Waals surface area contributed by atoms with Crippen molar-refractivity contribution in [3.63, 3.8) is 0 Å². The summed E-state index contributed by atoms with van der Waals surface area (Å²) in [5, 5.41) is 22.5. The number of aliphatic hydroxyl groups excluding tert-OH is 1. The number of halogens is 1. The fourth-order valence-corrected chi connectivity index (χ4v) is 6.02. The normalized spacial score (nSPS) is 25.3. The molecule has 4 N–H and O–H groups in total. The van der Waals surface area contributed by atoms with Crippen LogP contribution in [-0.2, 0) is 15.1 Å². The Morgan fingerprint density at radius 3 is 2.71 bits per heavy atom. The van der Waals surface area contributed by atoms with Gasteiger partial charge in [-0.3, -0.25) is 4.79 Å². The molecule has 0 radical (unpaired) electrons. The van der Waals surface area contributed by atoms with E-state index in [2.05, 4.69) is 0 Å². The average molecular weight is 529 g/mol. The molecule has 8 heteroatoms. The maximum atomic E-state index is 15.3. The van der Waals surface area contributed by atoms with Gasteiger partial charge in [-0.2, -0.15) is 0 Å². The van der Waals surface area contributed by atoms with Gasteiger partial charge in [0.25, 0.3) is 0 Å². The van der Waals surface area contributed by atoms with Crippen LogP contribution < -0.4 is 10.5 Å². The Hall–Kier alpha value is -2.52. The second-order valence-electron chi connectivity index (χ2n) is 10.9. The molecule has 5 atom stereocenters. The van der Waals surface area contributed by atoms with Gasteiger partial charge in [0.15, 0.2) is 11.6 Å². The smallest absolute Gasteiger partial charge is 0.225 e. The van der Waals surface area contributed by atoms with E-state index in [1.54, 1.807) is 30.2 Å². The van der Waals surface area contributed by atoms with E-state index in [0.29, 0.717) is 63.1 Å². The highest BCUT2D eigenvalue weighted by Gasteiger charge is 2.45. The number of carbonyl (C=O) groups is 1. The molecule has 38 heavy (non-hydrogen) atoms. The number of nitrogens with two attached hydrogens (primary N) is 1. The lowest BCUT2D eigenvalue weighted by Gasteiger charge is -2.44. The van der Waals surface area contributed by atoms with E-state index < -0.39 is 23.6 Å². The number of hydrogen-bond donors (Lipinski definition) is 3. The molecule has 1 heterocycles. The molecule has 2 fully saturated rings. The monoisotopic (exact) mass is 528 g/mol. The van der Waals surface area contributed by atoms with Gasteiger partial charge in [-0.05, 0) is 75.6 Å². The quantitative estimate of drug-likeness (QED) is 0.398. The Morgan fingerprint density at radius 2 is 2.00 bits per heavy atom. The molecule has 2 aromatic rings. The van der Waals surface area contributed by atoms with Crippen LogP contribution in [0.5, 0.6) is 11.5 Å². The molecule has 2 aromatic carbocycles. The van der Waals surface area contributed by atoms with E-state index in [4.69, 9.17) is 15.2 Å². The maximum Gasteiger partial charge on any atom is 0.225 e. The molecule has 0 aromatic heterocycles. The van der Waals surface area contributed by atoms with Crippen LogP contribution >= 0.6 is 0 Å². The van der Waals surface area contributed by atoms with Crippen molar-refractivity contribution < 1.29 is 28.9 Å². The number of nitrogens with zero attached hydrogens (tertiary/aromatic N) is 1. The van der Waals surface area contributed by atoms with Crippen LogP contribution in [-0.4, -0.2) is 60.0 Å². The molecule has 1 aliphatic carbocycles. The lowest BCUT2D eigenvalue weighted by molar-refractivity contribution is -0.141. The second-order valence-corrected chi connectivity index (χ2v) is 10.9. The second kappa shape index (κ2) is 12.6.